The molecule has 0 saturated heterocycles. The number of allylic oxidation sites excluding steroid dienone is 3. The van der Waals surface area contributed by atoms with Crippen molar-refractivity contribution < 1.29 is 22.3 Å². The number of ether oxygens (including phenoxy) is 1. The van der Waals surface area contributed by atoms with Crippen LogP contribution in [0.3, 0.4) is 0 Å². The van der Waals surface area contributed by atoms with Crippen LogP contribution in [0.25, 0.3) is 0 Å². The molecule has 0 spiro atoms. The third-order valence-electron chi connectivity index (χ3n) is 7.64. The van der Waals surface area contributed by atoms with Crippen LogP contribution in [0.5, 0.6) is 5.75 Å². The van der Waals surface area contributed by atoms with Crippen molar-refractivity contribution in [3.8, 4) is 5.75 Å². The van der Waals surface area contributed by atoms with E-state index in [0.717, 1.165) is 36.5 Å². The van der Waals surface area contributed by atoms with Crippen LogP contribution in [0.4, 0.5) is 17.6 Å². The highest BCUT2D eigenvalue weighted by Gasteiger charge is 2.38. The van der Waals surface area contributed by atoms with Gasteiger partial charge in [-0.1, -0.05) is 18.2 Å². The Labute approximate surface area is 210 Å². The van der Waals surface area contributed by atoms with Crippen molar-refractivity contribution in [2.75, 3.05) is 0 Å². The molecular formula is C29H34F4N2O. The van der Waals surface area contributed by atoms with Gasteiger partial charge < -0.3 is 4.74 Å². The van der Waals surface area contributed by atoms with Crippen LogP contribution in [-0.2, 0) is 12.5 Å². The predicted molar refractivity (Wildman–Crippen MR) is 131 cm³/mol. The third kappa shape index (κ3) is 7.17. The molecule has 0 N–H and O–H groups in total. The summed E-state index contributed by atoms with van der Waals surface area (Å²) in [5.74, 6) is -1.03. The first-order valence-corrected chi connectivity index (χ1v) is 13.0. The second-order valence-electron chi connectivity index (χ2n) is 10.2. The first-order valence-electron chi connectivity index (χ1n) is 13.0. The highest BCUT2D eigenvalue weighted by Crippen LogP contribution is 2.35. The summed E-state index contributed by atoms with van der Waals surface area (Å²) in [6, 6.07) is 2.22. The van der Waals surface area contributed by atoms with Gasteiger partial charge >= 0.3 is 6.11 Å². The monoisotopic (exact) mass is 502 g/mol. The smallest absolute Gasteiger partial charge is 0.426 e. The fourth-order valence-corrected chi connectivity index (χ4v) is 5.30. The fourth-order valence-electron chi connectivity index (χ4n) is 5.30. The van der Waals surface area contributed by atoms with E-state index in [1.54, 1.807) is 0 Å². The van der Waals surface area contributed by atoms with Gasteiger partial charge in [0, 0.05) is 18.5 Å². The molecular weight excluding hydrogens is 468 g/mol. The van der Waals surface area contributed by atoms with Crippen molar-refractivity contribution in [2.24, 2.45) is 23.7 Å². The van der Waals surface area contributed by atoms with Crippen molar-refractivity contribution in [1.29, 1.82) is 0 Å². The summed E-state index contributed by atoms with van der Waals surface area (Å²) < 4.78 is 59.5. The molecule has 36 heavy (non-hydrogen) atoms. The SMILES string of the molecule is C=CC1CCC(/C=C/C2CCC(CCc3cnc(C(F)(F)Oc4ccc(F)c(F)c4)nc3)CC2)CC1. The summed E-state index contributed by atoms with van der Waals surface area (Å²) in [7, 11) is 0. The minimum Gasteiger partial charge on any atom is -0.426 e. The molecule has 2 saturated carbocycles. The van der Waals surface area contributed by atoms with E-state index < -0.39 is 29.3 Å². The molecule has 0 radical (unpaired) electrons. The van der Waals surface area contributed by atoms with Crippen LogP contribution in [0.1, 0.15) is 69.2 Å². The van der Waals surface area contributed by atoms with Crippen molar-refractivity contribution in [3.63, 3.8) is 0 Å². The van der Waals surface area contributed by atoms with Gasteiger partial charge in [-0.3, -0.25) is 0 Å². The Bertz CT molecular complexity index is 1020. The van der Waals surface area contributed by atoms with E-state index in [4.69, 9.17) is 0 Å². The number of nitrogens with zero attached hydrogens (tertiary/aromatic N) is 2. The zero-order chi connectivity index (χ0) is 25.5. The number of halogens is 4. The summed E-state index contributed by atoms with van der Waals surface area (Å²) in [6.07, 6.45) is 17.4. The Morgan fingerprint density at radius 2 is 1.44 bits per heavy atom. The van der Waals surface area contributed by atoms with Gasteiger partial charge in [0.2, 0.25) is 5.82 Å². The molecule has 0 bridgehead atoms. The Morgan fingerprint density at radius 3 is 2.03 bits per heavy atom. The number of hydrogen-bond donors (Lipinski definition) is 0. The maximum atomic E-state index is 14.4. The van der Waals surface area contributed by atoms with Crippen molar-refractivity contribution >= 4 is 0 Å². The van der Waals surface area contributed by atoms with E-state index >= 15 is 0 Å². The molecule has 4 rings (SSSR count). The minimum absolute atomic E-state index is 0.503. The minimum atomic E-state index is -3.86. The highest BCUT2D eigenvalue weighted by molar-refractivity contribution is 5.24. The number of alkyl halides is 2. The van der Waals surface area contributed by atoms with Crippen LogP contribution in [0.2, 0.25) is 0 Å². The highest BCUT2D eigenvalue weighted by atomic mass is 19.3. The van der Waals surface area contributed by atoms with E-state index in [9.17, 15) is 17.6 Å². The van der Waals surface area contributed by atoms with Crippen LogP contribution in [0, 0.1) is 35.3 Å². The molecule has 3 nitrogen and oxygen atoms in total. The van der Waals surface area contributed by atoms with Crippen molar-refractivity contribution in [3.05, 3.63) is 78.4 Å². The number of aryl methyl sites for hydroxylation is 1. The molecule has 0 atom stereocenters. The normalized spacial score (nSPS) is 25.1. The number of aromatic nitrogens is 2. The summed E-state index contributed by atoms with van der Waals surface area (Å²) in [5.41, 5.74) is 0.791. The zero-order valence-electron chi connectivity index (χ0n) is 20.5. The molecule has 2 aliphatic carbocycles. The number of benzene rings is 1. The van der Waals surface area contributed by atoms with Gasteiger partial charge in [0.25, 0.3) is 0 Å². The van der Waals surface area contributed by atoms with E-state index in [1.807, 2.05) is 0 Å². The van der Waals surface area contributed by atoms with Gasteiger partial charge in [-0.15, -0.1) is 6.58 Å². The summed E-state index contributed by atoms with van der Waals surface area (Å²) in [4.78, 5) is 7.55. The predicted octanol–water partition coefficient (Wildman–Crippen LogP) is 8.17. The Hall–Kier alpha value is -2.70. The summed E-state index contributed by atoms with van der Waals surface area (Å²) in [5, 5.41) is 0. The van der Waals surface area contributed by atoms with E-state index in [1.165, 1.54) is 63.8 Å². The molecule has 0 amide bonds. The van der Waals surface area contributed by atoms with Gasteiger partial charge in [0.15, 0.2) is 11.6 Å². The van der Waals surface area contributed by atoms with Crippen LogP contribution >= 0.6 is 0 Å². The maximum absolute atomic E-state index is 14.4. The fraction of sp³-hybridized carbons (Fsp3) is 0.517. The largest absolute Gasteiger partial charge is 0.462 e. The van der Waals surface area contributed by atoms with E-state index in [-0.39, 0.29) is 0 Å². The second kappa shape index (κ2) is 12.0. The number of rotatable bonds is 9. The summed E-state index contributed by atoms with van der Waals surface area (Å²) in [6.45, 7) is 3.92. The molecule has 2 fully saturated rings. The Kier molecular flexibility index (Phi) is 8.81. The molecule has 2 aromatic rings. The van der Waals surface area contributed by atoms with E-state index in [0.29, 0.717) is 23.8 Å². The van der Waals surface area contributed by atoms with Gasteiger partial charge in [0.05, 0.1) is 0 Å². The lowest BCUT2D eigenvalue weighted by atomic mass is 9.78. The Morgan fingerprint density at radius 1 is 0.861 bits per heavy atom. The van der Waals surface area contributed by atoms with E-state index in [2.05, 4.69) is 39.5 Å². The van der Waals surface area contributed by atoms with Gasteiger partial charge in [-0.2, -0.15) is 8.78 Å². The molecule has 1 heterocycles. The van der Waals surface area contributed by atoms with Crippen LogP contribution < -0.4 is 4.74 Å². The molecule has 1 aromatic carbocycles. The molecule has 7 heteroatoms. The topological polar surface area (TPSA) is 35.0 Å². The standard InChI is InChI=1S/C29H34F4N2O/c1-2-20-3-5-21(6-4-20)7-8-22-9-11-23(12-10-22)13-14-24-18-34-28(35-19-24)29(32,33)36-25-15-16-26(30)27(31)17-25/h2,7-8,15-23H,1,3-6,9-14H2/b8-7+. The molecule has 1 aromatic heterocycles. The second-order valence-corrected chi connectivity index (χ2v) is 10.2. The lowest BCUT2D eigenvalue weighted by Gasteiger charge is -2.28. The average Bonchev–Trinajstić information content (AvgIpc) is 2.89. The van der Waals surface area contributed by atoms with Crippen molar-refractivity contribution in [1.82, 2.24) is 9.97 Å². The first kappa shape index (κ1) is 26.4. The lowest BCUT2D eigenvalue weighted by Crippen LogP contribution is -2.25. The Balaban J connectivity index is 1.20. The van der Waals surface area contributed by atoms with Crippen LogP contribution in [-0.4, -0.2) is 9.97 Å². The molecule has 0 unspecified atom stereocenters. The van der Waals surface area contributed by atoms with Crippen molar-refractivity contribution in [2.45, 2.75) is 70.3 Å². The zero-order valence-corrected chi connectivity index (χ0v) is 20.5. The molecule has 0 aliphatic heterocycles. The molecule has 2 aliphatic rings. The lowest BCUT2D eigenvalue weighted by molar-refractivity contribution is -0.192. The van der Waals surface area contributed by atoms with Gasteiger partial charge in [0.1, 0.15) is 5.75 Å². The quantitative estimate of drug-likeness (QED) is 0.256. The van der Waals surface area contributed by atoms with Gasteiger partial charge in [-0.25, -0.2) is 18.7 Å². The maximum Gasteiger partial charge on any atom is 0.462 e. The van der Waals surface area contributed by atoms with Gasteiger partial charge in [-0.05, 0) is 106 Å². The van der Waals surface area contributed by atoms with Crippen LogP contribution in [0.15, 0.2) is 55.4 Å². The third-order valence-corrected chi connectivity index (χ3v) is 7.64. The first-order chi connectivity index (χ1) is 17.3. The summed E-state index contributed by atoms with van der Waals surface area (Å²) >= 11 is 0. The number of hydrogen-bond acceptors (Lipinski definition) is 3. The molecule has 194 valence electrons. The average molecular weight is 503 g/mol.